The molecule has 0 aromatic heterocycles. The zero-order valence-electron chi connectivity index (χ0n) is 17.4. The van der Waals surface area contributed by atoms with Gasteiger partial charge in [-0.2, -0.15) is 0 Å². The molecular formula is C23H38N2O. The molecular weight excluding hydrogens is 320 g/mol. The SMILES string of the molecule is CC(C)=CCN(c1ccc(C(C)C)cc1)C1CCN(CCC(C)O)CC1. The zero-order chi connectivity index (χ0) is 19.1. The van der Waals surface area contributed by atoms with E-state index in [9.17, 15) is 5.11 Å². The predicted octanol–water partition coefficient (Wildman–Crippen LogP) is 4.82. The summed E-state index contributed by atoms with van der Waals surface area (Å²) >= 11 is 0. The quantitative estimate of drug-likeness (QED) is 0.675. The van der Waals surface area contributed by atoms with Gasteiger partial charge in [-0.25, -0.2) is 0 Å². The van der Waals surface area contributed by atoms with Gasteiger partial charge in [-0.3, -0.25) is 0 Å². The van der Waals surface area contributed by atoms with E-state index in [0.717, 1.165) is 32.6 Å². The van der Waals surface area contributed by atoms with Crippen molar-refractivity contribution in [1.82, 2.24) is 4.90 Å². The Bertz CT molecular complexity index is 550. The van der Waals surface area contributed by atoms with Crippen molar-refractivity contribution in [2.24, 2.45) is 0 Å². The topological polar surface area (TPSA) is 26.7 Å². The predicted molar refractivity (Wildman–Crippen MR) is 113 cm³/mol. The molecule has 0 spiro atoms. The molecule has 1 atom stereocenters. The number of nitrogens with zero attached hydrogens (tertiary/aromatic N) is 2. The number of rotatable bonds is 8. The van der Waals surface area contributed by atoms with Crippen molar-refractivity contribution >= 4 is 5.69 Å². The van der Waals surface area contributed by atoms with E-state index in [-0.39, 0.29) is 6.10 Å². The monoisotopic (exact) mass is 358 g/mol. The van der Waals surface area contributed by atoms with Gasteiger partial charge in [-0.15, -0.1) is 0 Å². The van der Waals surface area contributed by atoms with E-state index in [1.54, 1.807) is 0 Å². The average molecular weight is 359 g/mol. The molecule has 2 rings (SSSR count). The Morgan fingerprint density at radius 2 is 1.77 bits per heavy atom. The van der Waals surface area contributed by atoms with E-state index < -0.39 is 0 Å². The van der Waals surface area contributed by atoms with Gasteiger partial charge < -0.3 is 14.9 Å². The molecule has 0 saturated carbocycles. The van der Waals surface area contributed by atoms with E-state index in [1.165, 1.54) is 29.7 Å². The number of allylic oxidation sites excluding steroid dienone is 1. The van der Waals surface area contributed by atoms with Crippen LogP contribution in [0.5, 0.6) is 0 Å². The Morgan fingerprint density at radius 1 is 1.15 bits per heavy atom. The van der Waals surface area contributed by atoms with Gasteiger partial charge in [0, 0.05) is 37.9 Å². The van der Waals surface area contributed by atoms with Gasteiger partial charge in [0.15, 0.2) is 0 Å². The Hall–Kier alpha value is -1.32. The van der Waals surface area contributed by atoms with Crippen molar-refractivity contribution in [2.45, 2.75) is 71.9 Å². The Kier molecular flexibility index (Phi) is 8.17. The Balaban J connectivity index is 2.04. The molecule has 26 heavy (non-hydrogen) atoms. The van der Waals surface area contributed by atoms with Crippen molar-refractivity contribution in [3.63, 3.8) is 0 Å². The van der Waals surface area contributed by atoms with E-state index in [1.807, 2.05) is 6.92 Å². The molecule has 1 N–H and O–H groups in total. The van der Waals surface area contributed by atoms with Crippen LogP contribution in [0.4, 0.5) is 5.69 Å². The van der Waals surface area contributed by atoms with Gasteiger partial charge in [0.1, 0.15) is 0 Å². The number of piperidine rings is 1. The second-order valence-electron chi connectivity index (χ2n) is 8.39. The maximum Gasteiger partial charge on any atom is 0.0524 e. The van der Waals surface area contributed by atoms with Crippen LogP contribution in [0, 0.1) is 0 Å². The summed E-state index contributed by atoms with van der Waals surface area (Å²) in [5, 5.41) is 9.51. The Morgan fingerprint density at radius 3 is 2.27 bits per heavy atom. The van der Waals surface area contributed by atoms with Crippen molar-refractivity contribution in [3.05, 3.63) is 41.5 Å². The van der Waals surface area contributed by atoms with Gasteiger partial charge >= 0.3 is 0 Å². The zero-order valence-corrected chi connectivity index (χ0v) is 17.4. The second-order valence-corrected chi connectivity index (χ2v) is 8.39. The van der Waals surface area contributed by atoms with Crippen LogP contribution < -0.4 is 4.90 Å². The molecule has 0 radical (unpaired) electrons. The first kappa shape index (κ1) is 21.0. The van der Waals surface area contributed by atoms with Crippen molar-refractivity contribution in [1.29, 1.82) is 0 Å². The molecule has 1 aliphatic rings. The number of aliphatic hydroxyl groups excluding tert-OH is 1. The fourth-order valence-electron chi connectivity index (χ4n) is 3.62. The lowest BCUT2D eigenvalue weighted by atomic mass is 9.99. The highest BCUT2D eigenvalue weighted by Gasteiger charge is 2.24. The molecule has 0 bridgehead atoms. The lowest BCUT2D eigenvalue weighted by Gasteiger charge is -2.39. The first-order chi connectivity index (χ1) is 12.4. The molecule has 1 aliphatic heterocycles. The summed E-state index contributed by atoms with van der Waals surface area (Å²) in [6.45, 7) is 15.0. The van der Waals surface area contributed by atoms with Crippen LogP contribution in [0.3, 0.4) is 0 Å². The minimum Gasteiger partial charge on any atom is -0.393 e. The fraction of sp³-hybridized carbons (Fsp3) is 0.652. The Labute approximate surface area is 160 Å². The first-order valence-corrected chi connectivity index (χ1v) is 10.3. The van der Waals surface area contributed by atoms with Gasteiger partial charge in [-0.05, 0) is 63.6 Å². The molecule has 1 saturated heterocycles. The lowest BCUT2D eigenvalue weighted by Crippen LogP contribution is -2.45. The third-order valence-corrected chi connectivity index (χ3v) is 5.45. The number of likely N-dealkylation sites (tertiary alicyclic amines) is 1. The summed E-state index contributed by atoms with van der Waals surface area (Å²) < 4.78 is 0. The van der Waals surface area contributed by atoms with E-state index >= 15 is 0 Å². The van der Waals surface area contributed by atoms with Crippen molar-refractivity contribution in [3.8, 4) is 0 Å². The highest BCUT2D eigenvalue weighted by atomic mass is 16.3. The molecule has 3 nitrogen and oxygen atoms in total. The molecule has 1 fully saturated rings. The molecule has 3 heteroatoms. The molecule has 0 aliphatic carbocycles. The second kappa shape index (κ2) is 10.1. The number of aliphatic hydroxyl groups is 1. The average Bonchev–Trinajstić information content (AvgIpc) is 2.61. The largest absolute Gasteiger partial charge is 0.393 e. The molecule has 1 aromatic carbocycles. The van der Waals surface area contributed by atoms with Crippen LogP contribution in [-0.2, 0) is 0 Å². The van der Waals surface area contributed by atoms with Gasteiger partial charge in [-0.1, -0.05) is 37.6 Å². The standard InChI is InChI=1S/C23H38N2O/c1-18(2)10-17-25(22-8-6-21(7-9-22)19(3)4)23-12-15-24(16-13-23)14-11-20(5)26/h6-10,19-20,23,26H,11-17H2,1-5H3. The number of hydrogen-bond acceptors (Lipinski definition) is 3. The third-order valence-electron chi connectivity index (χ3n) is 5.45. The molecule has 0 amide bonds. The minimum atomic E-state index is -0.193. The summed E-state index contributed by atoms with van der Waals surface area (Å²) in [4.78, 5) is 5.09. The molecule has 1 heterocycles. The van der Waals surface area contributed by atoms with Crippen LogP contribution in [0.25, 0.3) is 0 Å². The summed E-state index contributed by atoms with van der Waals surface area (Å²) in [7, 11) is 0. The normalized spacial score (nSPS) is 17.3. The van der Waals surface area contributed by atoms with Crippen LogP contribution >= 0.6 is 0 Å². The van der Waals surface area contributed by atoms with Gasteiger partial charge in [0.2, 0.25) is 0 Å². The van der Waals surface area contributed by atoms with Gasteiger partial charge in [0.25, 0.3) is 0 Å². The first-order valence-electron chi connectivity index (χ1n) is 10.3. The van der Waals surface area contributed by atoms with Crippen LogP contribution in [0.2, 0.25) is 0 Å². The van der Waals surface area contributed by atoms with Crippen LogP contribution in [0.1, 0.15) is 65.4 Å². The number of hydrogen-bond donors (Lipinski definition) is 1. The summed E-state index contributed by atoms with van der Waals surface area (Å²) in [6.07, 6.45) is 5.42. The maximum absolute atomic E-state index is 9.51. The number of benzene rings is 1. The fourth-order valence-corrected chi connectivity index (χ4v) is 3.62. The van der Waals surface area contributed by atoms with Crippen LogP contribution in [0.15, 0.2) is 35.9 Å². The highest BCUT2D eigenvalue weighted by molar-refractivity contribution is 5.50. The molecule has 1 unspecified atom stereocenters. The van der Waals surface area contributed by atoms with E-state index in [2.05, 4.69) is 67.8 Å². The summed E-state index contributed by atoms with van der Waals surface area (Å²) in [6, 6.07) is 9.76. The molecule has 1 aromatic rings. The third kappa shape index (κ3) is 6.44. The van der Waals surface area contributed by atoms with Crippen molar-refractivity contribution < 1.29 is 5.11 Å². The summed E-state index contributed by atoms with van der Waals surface area (Å²) in [5.74, 6) is 0.576. The van der Waals surface area contributed by atoms with Crippen LogP contribution in [-0.4, -0.2) is 48.3 Å². The summed E-state index contributed by atoms with van der Waals surface area (Å²) in [5.41, 5.74) is 4.13. The smallest absolute Gasteiger partial charge is 0.0524 e. The minimum absolute atomic E-state index is 0.193. The van der Waals surface area contributed by atoms with Gasteiger partial charge in [0.05, 0.1) is 6.10 Å². The molecule has 146 valence electrons. The van der Waals surface area contributed by atoms with E-state index in [0.29, 0.717) is 12.0 Å². The highest BCUT2D eigenvalue weighted by Crippen LogP contribution is 2.26. The maximum atomic E-state index is 9.51. The number of anilines is 1. The lowest BCUT2D eigenvalue weighted by molar-refractivity contribution is 0.142. The van der Waals surface area contributed by atoms with Crippen molar-refractivity contribution in [2.75, 3.05) is 31.1 Å². The van der Waals surface area contributed by atoms with E-state index in [4.69, 9.17) is 0 Å².